The van der Waals surface area contributed by atoms with Crippen LogP contribution in [-0.2, 0) is 13.6 Å². The maximum absolute atomic E-state index is 12.9. The van der Waals surface area contributed by atoms with Gasteiger partial charge in [-0.05, 0) is 57.0 Å². The third-order valence-corrected chi connectivity index (χ3v) is 15.6. The van der Waals surface area contributed by atoms with Gasteiger partial charge in [0, 0.05) is 0 Å². The van der Waals surface area contributed by atoms with Crippen LogP contribution in [0.15, 0.2) is 0 Å². The molecule has 6 nitrogen and oxygen atoms in total. The van der Waals surface area contributed by atoms with Crippen LogP contribution in [0.3, 0.4) is 0 Å². The molecule has 0 aromatic heterocycles. The smallest absolute Gasteiger partial charge is 0.411 e. The molecule has 0 unspecified atom stereocenters. The minimum absolute atomic E-state index is 0.00992. The van der Waals surface area contributed by atoms with E-state index < -0.39 is 40.5 Å². The molecule has 30 heavy (non-hydrogen) atoms. The van der Waals surface area contributed by atoms with E-state index in [0.717, 1.165) is 0 Å². The summed E-state index contributed by atoms with van der Waals surface area (Å²) in [6.07, 6.45) is -1.33. The molecule has 1 heterocycles. The van der Waals surface area contributed by atoms with Crippen LogP contribution in [0.2, 0.25) is 36.3 Å². The predicted octanol–water partition coefficient (Wildman–Crippen LogP) is 5.91. The molecular weight excluding hydrogens is 412 g/mol. The van der Waals surface area contributed by atoms with Crippen molar-refractivity contribution in [3.8, 4) is 6.07 Å². The standard InChI is InChI=1S/C22H44N2O4Si2/c1-20(2,3)26-19(25)24-15-17(27-29(10,11)21(4,5)6)18(16(24)14-23)28-30(12,13)22(7,8)9/h16-18H,15H2,1-13H3/t16-,17+,18+/m1/s1. The van der Waals surface area contributed by atoms with Crippen LogP contribution in [0.25, 0.3) is 0 Å². The van der Waals surface area contributed by atoms with Crippen LogP contribution < -0.4 is 0 Å². The molecular formula is C22H44N2O4Si2. The number of nitrogens with zero attached hydrogens (tertiary/aromatic N) is 2. The first kappa shape index (κ1) is 27.1. The van der Waals surface area contributed by atoms with Crippen molar-refractivity contribution >= 4 is 22.7 Å². The van der Waals surface area contributed by atoms with E-state index in [-0.39, 0.29) is 16.2 Å². The predicted molar refractivity (Wildman–Crippen MR) is 126 cm³/mol. The maximum atomic E-state index is 12.9. The molecule has 0 spiro atoms. The number of likely N-dealkylation sites (tertiary alicyclic amines) is 1. The normalized spacial score (nSPS) is 24.0. The number of ether oxygens (including phenoxy) is 1. The second kappa shape index (κ2) is 8.57. The Kier molecular flexibility index (Phi) is 7.75. The zero-order chi connectivity index (χ0) is 23.9. The highest BCUT2D eigenvalue weighted by molar-refractivity contribution is 6.74. The number of rotatable bonds is 4. The number of carbonyl (C=O) groups is 1. The summed E-state index contributed by atoms with van der Waals surface area (Å²) >= 11 is 0. The number of nitriles is 1. The Labute approximate surface area is 186 Å². The highest BCUT2D eigenvalue weighted by atomic mass is 28.4. The molecule has 0 radical (unpaired) electrons. The number of amides is 1. The summed E-state index contributed by atoms with van der Waals surface area (Å²) in [5, 5.41) is 10.0. The van der Waals surface area contributed by atoms with Crippen LogP contribution in [0, 0.1) is 11.3 Å². The number of hydrogen-bond acceptors (Lipinski definition) is 5. The molecule has 0 aromatic rings. The Morgan fingerprint density at radius 2 is 1.33 bits per heavy atom. The van der Waals surface area contributed by atoms with Crippen LogP contribution in [0.5, 0.6) is 0 Å². The maximum Gasteiger partial charge on any atom is 0.411 e. The lowest BCUT2D eigenvalue weighted by molar-refractivity contribution is 0.0219. The molecule has 8 heteroatoms. The minimum atomic E-state index is -2.20. The largest absolute Gasteiger partial charge is 0.444 e. The fourth-order valence-corrected chi connectivity index (χ4v) is 5.39. The molecule has 0 saturated carbocycles. The lowest BCUT2D eigenvalue weighted by atomic mass is 10.1. The van der Waals surface area contributed by atoms with E-state index in [1.54, 1.807) is 0 Å². The third-order valence-electron chi connectivity index (χ3n) is 6.64. The summed E-state index contributed by atoms with van der Waals surface area (Å²) in [6.45, 7) is 27.6. The van der Waals surface area contributed by atoms with Gasteiger partial charge < -0.3 is 13.6 Å². The summed E-state index contributed by atoms with van der Waals surface area (Å²) in [4.78, 5) is 14.4. The topological polar surface area (TPSA) is 71.8 Å². The van der Waals surface area contributed by atoms with Gasteiger partial charge in [-0.25, -0.2) is 4.79 Å². The summed E-state index contributed by atoms with van der Waals surface area (Å²) in [7, 11) is -4.34. The Morgan fingerprint density at radius 1 is 0.900 bits per heavy atom. The lowest BCUT2D eigenvalue weighted by Crippen LogP contribution is -2.53. The van der Waals surface area contributed by atoms with Crippen molar-refractivity contribution in [3.63, 3.8) is 0 Å². The fourth-order valence-electron chi connectivity index (χ4n) is 2.76. The van der Waals surface area contributed by atoms with Crippen molar-refractivity contribution in [3.05, 3.63) is 0 Å². The molecule has 0 aliphatic carbocycles. The minimum Gasteiger partial charge on any atom is -0.444 e. The highest BCUT2D eigenvalue weighted by Gasteiger charge is 2.53. The zero-order valence-electron chi connectivity index (χ0n) is 21.5. The number of carbonyl (C=O) groups excluding carboxylic acids is 1. The zero-order valence-corrected chi connectivity index (χ0v) is 23.5. The first-order chi connectivity index (χ1) is 13.1. The van der Waals surface area contributed by atoms with Gasteiger partial charge in [0.2, 0.25) is 0 Å². The van der Waals surface area contributed by atoms with Crippen molar-refractivity contribution in [2.75, 3.05) is 6.54 Å². The first-order valence-corrected chi connectivity index (χ1v) is 16.7. The van der Waals surface area contributed by atoms with Crippen molar-refractivity contribution in [1.29, 1.82) is 5.26 Å². The molecule has 1 aliphatic heterocycles. The van der Waals surface area contributed by atoms with Crippen molar-refractivity contribution < 1.29 is 18.4 Å². The van der Waals surface area contributed by atoms with Crippen molar-refractivity contribution in [2.45, 2.75) is 122 Å². The SMILES string of the molecule is CC(C)(C)OC(=O)N1C[C@H](O[Si](C)(C)C(C)(C)C)[C@@H](O[Si](C)(C)C(C)(C)C)[C@H]1C#N. The molecule has 0 aromatic carbocycles. The average Bonchev–Trinajstić information content (AvgIpc) is 2.80. The Balaban J connectivity index is 3.33. The van der Waals surface area contributed by atoms with E-state index in [2.05, 4.69) is 73.8 Å². The van der Waals surface area contributed by atoms with Gasteiger partial charge in [0.15, 0.2) is 16.6 Å². The molecule has 1 rings (SSSR count). The van der Waals surface area contributed by atoms with E-state index in [0.29, 0.717) is 6.54 Å². The van der Waals surface area contributed by atoms with E-state index >= 15 is 0 Å². The van der Waals surface area contributed by atoms with Gasteiger partial charge in [-0.2, -0.15) is 5.26 Å². The van der Waals surface area contributed by atoms with Gasteiger partial charge in [0.05, 0.1) is 18.7 Å². The fraction of sp³-hybridized carbons (Fsp3) is 0.909. The van der Waals surface area contributed by atoms with Crippen molar-refractivity contribution in [1.82, 2.24) is 4.90 Å². The summed E-state index contributed by atoms with van der Waals surface area (Å²) < 4.78 is 19.0. The van der Waals surface area contributed by atoms with E-state index in [9.17, 15) is 10.1 Å². The molecule has 0 N–H and O–H groups in total. The monoisotopic (exact) mass is 456 g/mol. The van der Waals surface area contributed by atoms with Crippen LogP contribution >= 0.6 is 0 Å². The van der Waals surface area contributed by atoms with E-state index in [1.807, 2.05) is 20.8 Å². The van der Waals surface area contributed by atoms with Crippen molar-refractivity contribution in [2.24, 2.45) is 0 Å². The molecule has 1 fully saturated rings. The molecule has 1 aliphatic rings. The Hall–Kier alpha value is -0.886. The van der Waals surface area contributed by atoms with Gasteiger partial charge >= 0.3 is 6.09 Å². The number of hydrogen-bond donors (Lipinski definition) is 0. The molecule has 1 saturated heterocycles. The molecule has 0 bridgehead atoms. The first-order valence-electron chi connectivity index (χ1n) is 10.9. The summed E-state index contributed by atoms with van der Waals surface area (Å²) in [5.41, 5.74) is -0.634. The van der Waals surface area contributed by atoms with Gasteiger partial charge in [-0.3, -0.25) is 4.90 Å². The lowest BCUT2D eigenvalue weighted by Gasteiger charge is -2.43. The Bertz CT molecular complexity index is 667. The van der Waals surface area contributed by atoms with E-state index in [1.165, 1.54) is 4.90 Å². The quantitative estimate of drug-likeness (QED) is 0.492. The van der Waals surface area contributed by atoms with Gasteiger partial charge in [-0.1, -0.05) is 41.5 Å². The van der Waals surface area contributed by atoms with Gasteiger partial charge in [-0.15, -0.1) is 0 Å². The van der Waals surface area contributed by atoms with Gasteiger partial charge in [0.25, 0.3) is 0 Å². The summed E-state index contributed by atoms with van der Waals surface area (Å²) in [6, 6.07) is 1.58. The summed E-state index contributed by atoms with van der Waals surface area (Å²) in [5.74, 6) is 0. The third kappa shape index (κ3) is 6.31. The van der Waals surface area contributed by atoms with Crippen LogP contribution in [-0.4, -0.2) is 58.0 Å². The van der Waals surface area contributed by atoms with E-state index in [4.69, 9.17) is 13.6 Å². The second-order valence-corrected chi connectivity index (χ2v) is 22.0. The molecule has 174 valence electrons. The highest BCUT2D eigenvalue weighted by Crippen LogP contribution is 2.42. The molecule has 1 amide bonds. The van der Waals surface area contributed by atoms with Crippen LogP contribution in [0.4, 0.5) is 4.79 Å². The average molecular weight is 457 g/mol. The van der Waals surface area contributed by atoms with Gasteiger partial charge in [0.1, 0.15) is 17.7 Å². The molecule has 3 atom stereocenters. The second-order valence-electron chi connectivity index (χ2n) is 12.5. The van der Waals surface area contributed by atoms with Crippen LogP contribution in [0.1, 0.15) is 62.3 Å². The Morgan fingerprint density at radius 3 is 1.70 bits per heavy atom.